The number of fused-ring (bicyclic) bond motifs is 10. The number of primary amides is 1. The van der Waals surface area contributed by atoms with Crippen molar-refractivity contribution in [2.45, 2.75) is 209 Å². The molecule has 77 heavy (non-hydrogen) atoms. The number of aromatic hydroxyl groups is 1. The van der Waals surface area contributed by atoms with Gasteiger partial charge in [0.1, 0.15) is 11.5 Å². The molecule has 7 aliphatic rings. The highest BCUT2D eigenvalue weighted by atomic mass is 32.1. The summed E-state index contributed by atoms with van der Waals surface area (Å²) in [5.41, 5.74) is 19.3. The molecule has 0 saturated heterocycles. The minimum absolute atomic E-state index is 0.0710. The summed E-state index contributed by atoms with van der Waals surface area (Å²) < 4.78 is 5.63. The number of aliphatic hydroxyl groups is 1. The number of aryl methyl sites for hydroxylation is 2. The van der Waals surface area contributed by atoms with Gasteiger partial charge >= 0.3 is 0 Å². The predicted octanol–water partition coefficient (Wildman–Crippen LogP) is 13.2. The third-order valence-corrected chi connectivity index (χ3v) is 21.1. The lowest BCUT2D eigenvalue weighted by Crippen LogP contribution is -2.50. The van der Waals surface area contributed by atoms with Crippen molar-refractivity contribution in [1.29, 1.82) is 0 Å². The Balaban J connectivity index is 0.000000182. The van der Waals surface area contributed by atoms with Gasteiger partial charge in [-0.1, -0.05) is 86.1 Å². The molecule has 12 heteroatoms. The molecule has 7 aliphatic carbocycles. The molecule has 0 bridgehead atoms. The van der Waals surface area contributed by atoms with Crippen LogP contribution < -0.4 is 27.4 Å². The van der Waals surface area contributed by atoms with Crippen LogP contribution in [0, 0.1) is 71.0 Å². The van der Waals surface area contributed by atoms with Crippen LogP contribution in [0.1, 0.15) is 192 Å². The smallest absolute Gasteiger partial charge is 0.226 e. The van der Waals surface area contributed by atoms with Crippen molar-refractivity contribution >= 4 is 28.3 Å². The monoisotopic (exact) mass is 1070 g/mol. The molecule has 2 aromatic heterocycles. The van der Waals surface area contributed by atoms with Gasteiger partial charge in [-0.05, 0) is 232 Å². The molecule has 3 aromatic rings. The molecule has 5 saturated carbocycles. The lowest BCUT2D eigenvalue weighted by molar-refractivity contribution is -0.118. The van der Waals surface area contributed by atoms with Gasteiger partial charge in [0.05, 0.1) is 18.9 Å². The predicted molar refractivity (Wildman–Crippen MR) is 314 cm³/mol. The number of nitrogens with one attached hydrogen (secondary N) is 3. The number of phenolic OH excluding ortho intramolecular Hbond substituents is 1. The quantitative estimate of drug-likeness (QED) is 0.0824. The third kappa shape index (κ3) is 13.2. The summed E-state index contributed by atoms with van der Waals surface area (Å²) in [6.45, 7) is 26.3. The second-order valence-electron chi connectivity index (χ2n) is 27.0. The fourth-order valence-electron chi connectivity index (χ4n) is 16.3. The van der Waals surface area contributed by atoms with Crippen molar-refractivity contribution in [3.8, 4) is 5.75 Å². The van der Waals surface area contributed by atoms with Crippen molar-refractivity contribution in [3.63, 3.8) is 0 Å². The number of aromatic nitrogens is 1. The number of anilines is 1. The first-order chi connectivity index (χ1) is 36.5. The number of allylic oxidation sites excluding steroid dienone is 3. The van der Waals surface area contributed by atoms with E-state index in [1.807, 2.05) is 32.2 Å². The second kappa shape index (κ2) is 24.6. The fourth-order valence-corrected chi connectivity index (χ4v) is 16.9. The lowest BCUT2D eigenvalue weighted by Gasteiger charge is -2.53. The summed E-state index contributed by atoms with van der Waals surface area (Å²) >= 11 is 1.53. The maximum Gasteiger partial charge on any atom is 0.226 e. The molecule has 424 valence electrons. The maximum atomic E-state index is 12.9. The molecule has 7 unspecified atom stereocenters. The Kier molecular flexibility index (Phi) is 18.9. The van der Waals surface area contributed by atoms with Crippen LogP contribution in [-0.2, 0) is 28.0 Å². The molecule has 0 spiro atoms. The Morgan fingerprint density at radius 3 is 2.17 bits per heavy atom. The summed E-state index contributed by atoms with van der Waals surface area (Å²) in [7, 11) is 0. The highest BCUT2D eigenvalue weighted by Gasteiger charge is 2.60. The topological polar surface area (TPSA) is 189 Å². The molecule has 2 heterocycles. The first-order valence-corrected chi connectivity index (χ1v) is 30.7. The van der Waals surface area contributed by atoms with Crippen LogP contribution in [-0.4, -0.2) is 51.7 Å². The fraction of sp³-hybridized carbons (Fsp3) is 0.677. The highest BCUT2D eigenvalue weighted by Crippen LogP contribution is 2.65. The van der Waals surface area contributed by atoms with E-state index in [0.717, 1.165) is 67.8 Å². The summed E-state index contributed by atoms with van der Waals surface area (Å²) in [5, 5.41) is 32.5. The highest BCUT2D eigenvalue weighted by molar-refractivity contribution is 7.15. The summed E-state index contributed by atoms with van der Waals surface area (Å²) in [4.78, 5) is 30.0. The van der Waals surface area contributed by atoms with E-state index < -0.39 is 0 Å². The summed E-state index contributed by atoms with van der Waals surface area (Å²) in [6, 6.07) is 9.33. The second-order valence-corrected chi connectivity index (χ2v) is 28.3. The van der Waals surface area contributed by atoms with Crippen LogP contribution in [0.2, 0.25) is 0 Å². The largest absolute Gasteiger partial charge is 0.508 e. The molecule has 9 N–H and O–H groups in total. The van der Waals surface area contributed by atoms with Gasteiger partial charge in [-0.15, -0.1) is 11.3 Å². The summed E-state index contributed by atoms with van der Waals surface area (Å²) in [6.07, 6.45) is 24.6. The number of nitrogens with two attached hydrogens (primary N) is 2. The van der Waals surface area contributed by atoms with Gasteiger partial charge < -0.3 is 42.0 Å². The number of carbonyl (C=O) groups excluding carboxylic acids is 2. The number of hydrogen-bond donors (Lipinski definition) is 7. The minimum Gasteiger partial charge on any atom is -0.508 e. The molecule has 1 aromatic carbocycles. The van der Waals surface area contributed by atoms with E-state index in [0.29, 0.717) is 95.0 Å². The van der Waals surface area contributed by atoms with Crippen LogP contribution in [0.25, 0.3) is 0 Å². The van der Waals surface area contributed by atoms with Crippen molar-refractivity contribution in [2.75, 3.05) is 11.9 Å². The average molecular weight is 1080 g/mol. The van der Waals surface area contributed by atoms with Gasteiger partial charge in [0.15, 0.2) is 5.13 Å². The van der Waals surface area contributed by atoms with Crippen LogP contribution in [0.4, 0.5) is 5.13 Å². The van der Waals surface area contributed by atoms with Crippen molar-refractivity contribution in [1.82, 2.24) is 15.6 Å². The van der Waals surface area contributed by atoms with Crippen LogP contribution in [0.5, 0.6) is 5.75 Å². The molecule has 2 amide bonds. The first kappa shape index (κ1) is 58.9. The van der Waals surface area contributed by atoms with Crippen LogP contribution >= 0.6 is 11.3 Å². The number of aliphatic hydroxyl groups excluding tert-OH is 1. The Bertz CT molecular complexity index is 2590. The molecular weight excluding hydrogens is 977 g/mol. The van der Waals surface area contributed by atoms with Gasteiger partial charge in [-0.25, -0.2) is 4.98 Å². The van der Waals surface area contributed by atoms with Gasteiger partial charge in [0, 0.05) is 36.0 Å². The number of benzene rings is 1. The third-order valence-electron chi connectivity index (χ3n) is 20.3. The van der Waals surface area contributed by atoms with Crippen LogP contribution in [0.3, 0.4) is 0 Å². The minimum atomic E-state index is -0.321. The zero-order valence-electron chi connectivity index (χ0n) is 48.9. The average Bonchev–Trinajstić information content (AvgIpc) is 4.40. The Hall–Kier alpha value is -4.23. The number of amides is 2. The van der Waals surface area contributed by atoms with E-state index in [1.165, 1.54) is 84.1 Å². The van der Waals surface area contributed by atoms with E-state index in [1.54, 1.807) is 12.5 Å². The molecule has 0 radical (unpaired) electrons. The number of phenols is 1. The van der Waals surface area contributed by atoms with Gasteiger partial charge in [-0.2, -0.15) is 0 Å². The van der Waals surface area contributed by atoms with Gasteiger partial charge in [0.25, 0.3) is 0 Å². The Labute approximate surface area is 466 Å². The van der Waals surface area contributed by atoms with Crippen LogP contribution in [0.15, 0.2) is 76.2 Å². The van der Waals surface area contributed by atoms with E-state index in [4.69, 9.17) is 15.9 Å². The number of nitrogens with zero attached hydrogens (tertiary/aromatic N) is 1. The van der Waals surface area contributed by atoms with Crippen molar-refractivity contribution in [3.05, 3.63) is 99.1 Å². The number of rotatable bonds is 14. The van der Waals surface area contributed by atoms with E-state index in [-0.39, 0.29) is 34.2 Å². The van der Waals surface area contributed by atoms with E-state index in [2.05, 4.69) is 108 Å². The van der Waals surface area contributed by atoms with Crippen molar-refractivity contribution < 1.29 is 24.2 Å². The van der Waals surface area contributed by atoms with Gasteiger partial charge in [-0.3, -0.25) is 9.59 Å². The zero-order valence-corrected chi connectivity index (χ0v) is 49.7. The zero-order chi connectivity index (χ0) is 55.6. The van der Waals surface area contributed by atoms with E-state index in [9.17, 15) is 19.8 Å². The lowest BCUT2D eigenvalue weighted by atomic mass is 9.52. The Morgan fingerprint density at radius 1 is 0.935 bits per heavy atom. The number of hydrogen-bond acceptors (Lipinski definition) is 10. The molecule has 13 atom stereocenters. The molecule has 10 rings (SSSR count). The molecule has 11 nitrogen and oxygen atoms in total. The number of carbonyl (C=O) groups is 2. The van der Waals surface area contributed by atoms with Crippen molar-refractivity contribution in [2.24, 2.45) is 75.6 Å². The first-order valence-electron chi connectivity index (χ1n) is 29.8. The maximum absolute atomic E-state index is 12.9. The normalized spacial score (nSPS) is 32.2. The number of thiazole rings is 1. The van der Waals surface area contributed by atoms with E-state index >= 15 is 0 Å². The SMILES string of the molecule is C/C(=C/N)C(C)C.CC(C)CN[C@H]1C[C@@H](CCC(N)=O)C2C3CCc4cc(O)c(C(C)(C)C)cc4C3CC[C@@]21C.Cc1cnc(NC(=O)CC[C@@H]2C[C@H](NCc3ccco3)[C@@]3(C)CCC4C5=CCC(O)C=C5CCC4C23)s1. The molecule has 5 fully saturated rings. The molecule has 0 aliphatic heterocycles. The Morgan fingerprint density at radius 2 is 1.58 bits per heavy atom. The van der Waals surface area contributed by atoms with Gasteiger partial charge in [0.2, 0.25) is 11.8 Å². The standard InChI is InChI=1S/C30H39N3O3S.C29H46N2O2.C6H13N/c1-18-16-32-29(37-18)33-27(35)10-6-20-15-26(31-17-22-4-3-13-36-22)30(2)12-11-24-23-9-7-21(34)14-19(23)5-8-25(24)28(20)30;1-17(2)16-31-25-14-19(8-10-26(30)33)27-21-9-7-18-13-24(32)23(28(3,4)5)15-22(18)20(21)11-12-29(25,27)6;1-5(2)6(3)4-7/h3-4,9,13-14,16,20-21,24-26,28,31,34H,5-8,10-12,15,17H2,1-2H3,(H,32,33,35);13,15,17,19-21,25,27,31-32H,7-12,14,16H2,1-6H3,(H2,30,33);4-5H,7H2,1-3H3/b;;6-4-/t20-,21?,24?,25?,26+,28?,30-;19-,20?,21?,25+,27?,29-;/m11./s1. The number of furan rings is 1. The molecular formula is C65H98N6O5S. The summed E-state index contributed by atoms with van der Waals surface area (Å²) in [5.74, 6) is 7.31.